The van der Waals surface area contributed by atoms with E-state index in [4.69, 9.17) is 4.74 Å². The highest BCUT2D eigenvalue weighted by molar-refractivity contribution is 5.87. The number of rotatable bonds is 2. The molecular weight excluding hydrogens is 224 g/mol. The molecule has 4 rings (SSSR count). The molecule has 0 heterocycles. The van der Waals surface area contributed by atoms with Crippen LogP contribution in [0.3, 0.4) is 0 Å². The molecule has 0 saturated heterocycles. The maximum Gasteiger partial charge on any atom is 0.333 e. The van der Waals surface area contributed by atoms with Crippen molar-refractivity contribution in [3.63, 3.8) is 0 Å². The van der Waals surface area contributed by atoms with Gasteiger partial charge in [0, 0.05) is 11.5 Å². The van der Waals surface area contributed by atoms with E-state index in [9.17, 15) is 4.79 Å². The van der Waals surface area contributed by atoms with Crippen LogP contribution in [-0.4, -0.2) is 11.6 Å². The lowest BCUT2D eigenvalue weighted by atomic mass is 9.44. The lowest BCUT2D eigenvalue weighted by Gasteiger charge is -2.64. The summed E-state index contributed by atoms with van der Waals surface area (Å²) < 4.78 is 5.95. The highest BCUT2D eigenvalue weighted by atomic mass is 16.6. The summed E-state index contributed by atoms with van der Waals surface area (Å²) in [4.78, 5) is 12.0. The van der Waals surface area contributed by atoms with Gasteiger partial charge in [0.2, 0.25) is 0 Å². The maximum atomic E-state index is 12.0. The quantitative estimate of drug-likeness (QED) is 0.550. The van der Waals surface area contributed by atoms with E-state index in [1.54, 1.807) is 6.92 Å². The molecule has 0 N–H and O–H groups in total. The minimum absolute atomic E-state index is 0.186. The number of carbonyl (C=O) groups excluding carboxylic acids is 1. The van der Waals surface area contributed by atoms with E-state index in [0.29, 0.717) is 16.9 Å². The minimum Gasteiger partial charge on any atom is -0.455 e. The van der Waals surface area contributed by atoms with Crippen LogP contribution >= 0.6 is 0 Å². The molecule has 4 saturated carbocycles. The van der Waals surface area contributed by atoms with Crippen LogP contribution in [-0.2, 0) is 9.53 Å². The Labute approximate surface area is 110 Å². The van der Waals surface area contributed by atoms with Gasteiger partial charge < -0.3 is 4.74 Å². The molecular formula is C16H24O2. The first-order valence-corrected chi connectivity index (χ1v) is 7.23. The average molecular weight is 248 g/mol. The van der Waals surface area contributed by atoms with Gasteiger partial charge in [-0.3, -0.25) is 0 Å². The molecule has 4 fully saturated rings. The van der Waals surface area contributed by atoms with Gasteiger partial charge in [0.1, 0.15) is 5.60 Å². The molecule has 3 atom stereocenters. The van der Waals surface area contributed by atoms with E-state index in [2.05, 4.69) is 20.4 Å². The Kier molecular flexibility index (Phi) is 2.46. The normalized spacial score (nSPS) is 49.2. The summed E-state index contributed by atoms with van der Waals surface area (Å²) in [5, 5.41) is 0. The van der Waals surface area contributed by atoms with E-state index in [0.717, 1.165) is 24.7 Å². The predicted octanol–water partition coefficient (Wildman–Crippen LogP) is 3.71. The highest BCUT2D eigenvalue weighted by Gasteiger charge is 2.62. The highest BCUT2D eigenvalue weighted by Crippen LogP contribution is 2.65. The zero-order valence-electron chi connectivity index (χ0n) is 11.8. The SMILES string of the molecule is C=C(C)C(=O)OC12CC3CC(CC(C)(C3)C1C)C2. The third kappa shape index (κ3) is 1.57. The minimum atomic E-state index is -0.188. The van der Waals surface area contributed by atoms with Gasteiger partial charge in [0.15, 0.2) is 0 Å². The third-order valence-electron chi connectivity index (χ3n) is 5.92. The lowest BCUT2D eigenvalue weighted by molar-refractivity contribution is -0.222. The smallest absolute Gasteiger partial charge is 0.333 e. The van der Waals surface area contributed by atoms with E-state index in [-0.39, 0.29) is 11.6 Å². The molecule has 100 valence electrons. The van der Waals surface area contributed by atoms with Crippen molar-refractivity contribution in [1.29, 1.82) is 0 Å². The van der Waals surface area contributed by atoms with Crippen molar-refractivity contribution >= 4 is 5.97 Å². The molecule has 18 heavy (non-hydrogen) atoms. The summed E-state index contributed by atoms with van der Waals surface area (Å²) in [6.45, 7) is 10.2. The van der Waals surface area contributed by atoms with Crippen LogP contribution in [0.2, 0.25) is 0 Å². The number of ether oxygens (including phenoxy) is 1. The molecule has 0 aromatic carbocycles. The van der Waals surface area contributed by atoms with E-state index < -0.39 is 0 Å². The average Bonchev–Trinajstić information content (AvgIpc) is 2.24. The number of hydrogen-bond donors (Lipinski definition) is 0. The van der Waals surface area contributed by atoms with Crippen LogP contribution < -0.4 is 0 Å². The predicted molar refractivity (Wildman–Crippen MR) is 71.0 cm³/mol. The Morgan fingerprint density at radius 1 is 1.22 bits per heavy atom. The van der Waals surface area contributed by atoms with Gasteiger partial charge in [-0.25, -0.2) is 4.79 Å². The largest absolute Gasteiger partial charge is 0.455 e. The van der Waals surface area contributed by atoms with Crippen LogP contribution in [0.1, 0.15) is 52.9 Å². The fourth-order valence-corrected chi connectivity index (χ4v) is 5.20. The molecule has 0 aliphatic heterocycles. The van der Waals surface area contributed by atoms with Gasteiger partial charge in [-0.15, -0.1) is 0 Å². The molecule has 0 spiro atoms. The summed E-state index contributed by atoms with van der Waals surface area (Å²) >= 11 is 0. The second-order valence-electron chi connectivity index (χ2n) is 7.39. The van der Waals surface area contributed by atoms with Crippen molar-refractivity contribution in [2.75, 3.05) is 0 Å². The van der Waals surface area contributed by atoms with Crippen molar-refractivity contribution < 1.29 is 9.53 Å². The molecule has 3 unspecified atom stereocenters. The van der Waals surface area contributed by atoms with Gasteiger partial charge in [-0.2, -0.15) is 0 Å². The summed E-state index contributed by atoms with van der Waals surface area (Å²) in [7, 11) is 0. The third-order valence-corrected chi connectivity index (χ3v) is 5.92. The Morgan fingerprint density at radius 3 is 2.28 bits per heavy atom. The second kappa shape index (κ2) is 3.61. The molecule has 0 radical (unpaired) electrons. The van der Waals surface area contributed by atoms with E-state index >= 15 is 0 Å². The van der Waals surface area contributed by atoms with E-state index in [1.807, 2.05) is 0 Å². The molecule has 2 heteroatoms. The van der Waals surface area contributed by atoms with Crippen LogP contribution in [0, 0.1) is 23.2 Å². The first-order chi connectivity index (χ1) is 8.35. The molecule has 0 amide bonds. The summed E-state index contributed by atoms with van der Waals surface area (Å²) in [5.74, 6) is 1.85. The molecule has 4 bridgehead atoms. The monoisotopic (exact) mass is 248 g/mol. The van der Waals surface area contributed by atoms with Crippen LogP contribution in [0.4, 0.5) is 0 Å². The second-order valence-corrected chi connectivity index (χ2v) is 7.39. The van der Waals surface area contributed by atoms with E-state index in [1.165, 1.54) is 19.3 Å². The number of hydrogen-bond acceptors (Lipinski definition) is 2. The first-order valence-electron chi connectivity index (χ1n) is 7.23. The number of carbonyl (C=O) groups is 1. The van der Waals surface area contributed by atoms with Crippen molar-refractivity contribution in [1.82, 2.24) is 0 Å². The van der Waals surface area contributed by atoms with Crippen molar-refractivity contribution in [2.24, 2.45) is 23.2 Å². The fourth-order valence-electron chi connectivity index (χ4n) is 5.20. The van der Waals surface area contributed by atoms with Crippen LogP contribution in [0.5, 0.6) is 0 Å². The van der Waals surface area contributed by atoms with Crippen molar-refractivity contribution in [2.45, 2.75) is 58.5 Å². The van der Waals surface area contributed by atoms with Crippen LogP contribution in [0.15, 0.2) is 12.2 Å². The molecule has 2 nitrogen and oxygen atoms in total. The Balaban J connectivity index is 1.91. The lowest BCUT2D eigenvalue weighted by Crippen LogP contribution is -2.62. The topological polar surface area (TPSA) is 26.3 Å². The van der Waals surface area contributed by atoms with Gasteiger partial charge >= 0.3 is 5.97 Å². The Bertz CT molecular complexity index is 395. The van der Waals surface area contributed by atoms with Gasteiger partial charge in [0.05, 0.1) is 0 Å². The summed E-state index contributed by atoms with van der Waals surface area (Å²) in [6.07, 6.45) is 6.18. The van der Waals surface area contributed by atoms with Crippen molar-refractivity contribution in [3.05, 3.63) is 12.2 Å². The summed E-state index contributed by atoms with van der Waals surface area (Å²) in [5.41, 5.74) is 0.733. The van der Waals surface area contributed by atoms with Gasteiger partial charge in [0.25, 0.3) is 0 Å². The number of esters is 1. The Hall–Kier alpha value is -0.790. The summed E-state index contributed by atoms with van der Waals surface area (Å²) in [6, 6.07) is 0. The first kappa shape index (κ1) is 12.3. The molecule has 4 aliphatic carbocycles. The molecule has 0 aromatic heterocycles. The van der Waals surface area contributed by atoms with Crippen LogP contribution in [0.25, 0.3) is 0 Å². The van der Waals surface area contributed by atoms with Gasteiger partial charge in [-0.05, 0) is 56.3 Å². The molecule has 4 aliphatic rings. The van der Waals surface area contributed by atoms with Crippen molar-refractivity contribution in [3.8, 4) is 0 Å². The fraction of sp³-hybridized carbons (Fsp3) is 0.812. The zero-order chi connectivity index (χ0) is 13.1. The maximum absolute atomic E-state index is 12.0. The Morgan fingerprint density at radius 2 is 1.78 bits per heavy atom. The molecule has 0 aromatic rings. The van der Waals surface area contributed by atoms with Gasteiger partial charge in [-0.1, -0.05) is 20.4 Å². The standard InChI is InChI=1S/C16H24O2/c1-10(2)14(17)18-16-8-12-5-13(9-16)7-15(4,6-12)11(16)3/h11-13H,1,5-9H2,2-4H3. The zero-order valence-corrected chi connectivity index (χ0v) is 11.8.